The Bertz CT molecular complexity index is 479. The maximum atomic E-state index is 11.8. The van der Waals surface area contributed by atoms with Gasteiger partial charge in [0.15, 0.2) is 0 Å². The highest BCUT2D eigenvalue weighted by atomic mass is 16.5. The molecule has 122 valence electrons. The Hall–Kier alpha value is -1.88. The van der Waals surface area contributed by atoms with Crippen LogP contribution in [0.1, 0.15) is 39.2 Å². The molecule has 0 radical (unpaired) electrons. The summed E-state index contributed by atoms with van der Waals surface area (Å²) in [7, 11) is 0. The molecule has 2 N–H and O–H groups in total. The lowest BCUT2D eigenvalue weighted by Gasteiger charge is -2.20. The lowest BCUT2D eigenvalue weighted by Crippen LogP contribution is -2.42. The van der Waals surface area contributed by atoms with E-state index in [4.69, 9.17) is 9.84 Å². The number of hydrogen-bond acceptors (Lipinski definition) is 3. The van der Waals surface area contributed by atoms with E-state index in [1.807, 2.05) is 51.1 Å². The van der Waals surface area contributed by atoms with Crippen LogP contribution in [0.2, 0.25) is 0 Å². The number of carbonyl (C=O) groups excluding carboxylic acids is 1. The summed E-state index contributed by atoms with van der Waals surface area (Å²) in [6.45, 7) is 6.52. The van der Waals surface area contributed by atoms with Gasteiger partial charge in [-0.1, -0.05) is 51.1 Å². The molecule has 1 aromatic rings. The fraction of sp³-hybridized carbons (Fsp3) is 0.529. The number of amides is 1. The van der Waals surface area contributed by atoms with Gasteiger partial charge in [-0.3, -0.25) is 4.79 Å². The molecule has 5 heteroatoms. The first-order valence-electron chi connectivity index (χ1n) is 7.42. The molecule has 1 rings (SSSR count). The number of rotatable bonds is 8. The molecular weight excluding hydrogens is 282 g/mol. The zero-order valence-corrected chi connectivity index (χ0v) is 13.5. The monoisotopic (exact) mass is 307 g/mol. The third kappa shape index (κ3) is 7.78. The van der Waals surface area contributed by atoms with Gasteiger partial charge in [-0.25, -0.2) is 4.79 Å². The van der Waals surface area contributed by atoms with E-state index in [1.165, 1.54) is 0 Å². The first-order chi connectivity index (χ1) is 10.3. The van der Waals surface area contributed by atoms with Crippen molar-refractivity contribution in [1.29, 1.82) is 0 Å². The predicted molar refractivity (Wildman–Crippen MR) is 84.4 cm³/mol. The molecule has 1 unspecified atom stereocenters. The van der Waals surface area contributed by atoms with Crippen LogP contribution >= 0.6 is 0 Å². The Morgan fingerprint density at radius 1 is 1.23 bits per heavy atom. The van der Waals surface area contributed by atoms with Crippen LogP contribution in [0.25, 0.3) is 0 Å². The highest BCUT2D eigenvalue weighted by molar-refractivity contribution is 5.83. The lowest BCUT2D eigenvalue weighted by molar-refractivity contribution is -0.142. The Kier molecular flexibility index (Phi) is 7.05. The summed E-state index contributed by atoms with van der Waals surface area (Å²) in [5, 5.41) is 11.7. The highest BCUT2D eigenvalue weighted by Gasteiger charge is 2.22. The van der Waals surface area contributed by atoms with Gasteiger partial charge >= 0.3 is 5.97 Å². The second-order valence-electron chi connectivity index (χ2n) is 6.52. The minimum Gasteiger partial charge on any atom is -0.480 e. The molecule has 0 fully saturated rings. The van der Waals surface area contributed by atoms with Crippen molar-refractivity contribution in [1.82, 2.24) is 5.32 Å². The second-order valence-corrected chi connectivity index (χ2v) is 6.52. The van der Waals surface area contributed by atoms with Gasteiger partial charge in [0.1, 0.15) is 6.04 Å². The van der Waals surface area contributed by atoms with E-state index in [-0.39, 0.29) is 24.3 Å². The zero-order chi connectivity index (χ0) is 16.6. The fourth-order valence-electron chi connectivity index (χ4n) is 1.95. The SMILES string of the molecule is CC(C)(C)CC(=O)NC(CCOCc1ccccc1)C(=O)O. The lowest BCUT2D eigenvalue weighted by atomic mass is 9.92. The number of hydrogen-bond donors (Lipinski definition) is 2. The second kappa shape index (κ2) is 8.54. The van der Waals surface area contributed by atoms with Crippen LogP contribution in [-0.2, 0) is 20.9 Å². The van der Waals surface area contributed by atoms with Gasteiger partial charge in [0.2, 0.25) is 5.91 Å². The molecule has 22 heavy (non-hydrogen) atoms. The summed E-state index contributed by atoms with van der Waals surface area (Å²) >= 11 is 0. The summed E-state index contributed by atoms with van der Waals surface area (Å²) < 4.78 is 5.47. The summed E-state index contributed by atoms with van der Waals surface area (Å²) in [5.74, 6) is -1.28. The average molecular weight is 307 g/mol. The topological polar surface area (TPSA) is 75.6 Å². The summed E-state index contributed by atoms with van der Waals surface area (Å²) in [6, 6.07) is 8.75. The van der Waals surface area contributed by atoms with Crippen molar-refractivity contribution >= 4 is 11.9 Å². The van der Waals surface area contributed by atoms with Crippen LogP contribution < -0.4 is 5.32 Å². The third-order valence-corrected chi connectivity index (χ3v) is 2.99. The summed E-state index contributed by atoms with van der Waals surface area (Å²) in [6.07, 6.45) is 0.541. The van der Waals surface area contributed by atoms with E-state index in [1.54, 1.807) is 0 Å². The number of aliphatic carboxylic acids is 1. The smallest absolute Gasteiger partial charge is 0.326 e. The van der Waals surface area contributed by atoms with Crippen LogP contribution in [0.15, 0.2) is 30.3 Å². The molecule has 5 nitrogen and oxygen atoms in total. The van der Waals surface area contributed by atoms with Crippen LogP contribution in [0.3, 0.4) is 0 Å². The maximum absolute atomic E-state index is 11.8. The number of nitrogens with one attached hydrogen (secondary N) is 1. The number of carboxylic acid groups (broad SMARTS) is 1. The molecule has 0 aliphatic heterocycles. The molecule has 0 heterocycles. The van der Waals surface area contributed by atoms with Gasteiger partial charge in [0, 0.05) is 19.4 Å². The molecule has 0 saturated heterocycles. The van der Waals surface area contributed by atoms with E-state index in [0.717, 1.165) is 5.56 Å². The molecule has 0 spiro atoms. The van der Waals surface area contributed by atoms with E-state index < -0.39 is 12.0 Å². The van der Waals surface area contributed by atoms with Gasteiger partial charge in [0.25, 0.3) is 0 Å². The Morgan fingerprint density at radius 3 is 2.41 bits per heavy atom. The highest BCUT2D eigenvalue weighted by Crippen LogP contribution is 2.18. The minimum atomic E-state index is -1.04. The quantitative estimate of drug-likeness (QED) is 0.724. The van der Waals surface area contributed by atoms with Crippen LogP contribution in [-0.4, -0.2) is 29.6 Å². The number of carbonyl (C=O) groups is 2. The van der Waals surface area contributed by atoms with Gasteiger partial charge in [-0.05, 0) is 11.0 Å². The molecule has 1 aromatic carbocycles. The predicted octanol–water partition coefficient (Wildman–Crippen LogP) is 2.60. The maximum Gasteiger partial charge on any atom is 0.326 e. The van der Waals surface area contributed by atoms with Crippen molar-refractivity contribution < 1.29 is 19.4 Å². The summed E-state index contributed by atoms with van der Waals surface area (Å²) in [5.41, 5.74) is 0.864. The molecular formula is C17H25NO4. The van der Waals surface area contributed by atoms with Crippen molar-refractivity contribution in [2.45, 2.75) is 46.3 Å². The van der Waals surface area contributed by atoms with Gasteiger partial charge in [0.05, 0.1) is 6.61 Å². The normalized spacial score (nSPS) is 12.7. The molecule has 0 aromatic heterocycles. The van der Waals surface area contributed by atoms with Crippen molar-refractivity contribution in [3.8, 4) is 0 Å². The molecule has 1 atom stereocenters. The largest absolute Gasteiger partial charge is 0.480 e. The first kappa shape index (κ1) is 18.2. The van der Waals surface area contributed by atoms with Crippen LogP contribution in [0.5, 0.6) is 0 Å². The third-order valence-electron chi connectivity index (χ3n) is 2.99. The van der Waals surface area contributed by atoms with Crippen molar-refractivity contribution in [2.24, 2.45) is 5.41 Å². The van der Waals surface area contributed by atoms with E-state index in [2.05, 4.69) is 5.32 Å². The number of carboxylic acids is 1. The van der Waals surface area contributed by atoms with Gasteiger partial charge in [-0.2, -0.15) is 0 Å². The molecule has 1 amide bonds. The van der Waals surface area contributed by atoms with E-state index in [9.17, 15) is 9.59 Å². The molecule has 0 aliphatic rings. The Morgan fingerprint density at radius 2 is 1.86 bits per heavy atom. The first-order valence-corrected chi connectivity index (χ1v) is 7.42. The van der Waals surface area contributed by atoms with Crippen LogP contribution in [0.4, 0.5) is 0 Å². The Labute approximate surface area is 131 Å². The van der Waals surface area contributed by atoms with E-state index >= 15 is 0 Å². The number of ether oxygens (including phenoxy) is 1. The molecule has 0 bridgehead atoms. The van der Waals surface area contributed by atoms with Gasteiger partial charge < -0.3 is 15.2 Å². The van der Waals surface area contributed by atoms with Crippen molar-refractivity contribution in [3.63, 3.8) is 0 Å². The van der Waals surface area contributed by atoms with Crippen molar-refractivity contribution in [2.75, 3.05) is 6.61 Å². The molecule has 0 aliphatic carbocycles. The molecule has 0 saturated carbocycles. The zero-order valence-electron chi connectivity index (χ0n) is 13.5. The Balaban J connectivity index is 2.35. The average Bonchev–Trinajstić information content (AvgIpc) is 2.41. The minimum absolute atomic E-state index is 0.170. The standard InChI is InChI=1S/C17H25NO4/c1-17(2,3)11-15(19)18-14(16(20)21)9-10-22-12-13-7-5-4-6-8-13/h4-8,14H,9-12H2,1-3H3,(H,18,19)(H,20,21). The van der Waals surface area contributed by atoms with Gasteiger partial charge in [-0.15, -0.1) is 0 Å². The summed E-state index contributed by atoms with van der Waals surface area (Å²) in [4.78, 5) is 23.0. The fourth-order valence-corrected chi connectivity index (χ4v) is 1.95. The van der Waals surface area contributed by atoms with E-state index in [0.29, 0.717) is 13.0 Å². The van der Waals surface area contributed by atoms with Crippen molar-refractivity contribution in [3.05, 3.63) is 35.9 Å². The number of benzene rings is 1. The van der Waals surface area contributed by atoms with Crippen LogP contribution in [0, 0.1) is 5.41 Å².